The molecule has 1 aromatic rings. The summed E-state index contributed by atoms with van der Waals surface area (Å²) in [5.41, 5.74) is 1.05. The van der Waals surface area contributed by atoms with E-state index in [0.29, 0.717) is 0 Å². The molecule has 1 N–H and O–H groups in total. The van der Waals surface area contributed by atoms with Crippen LogP contribution in [-0.2, 0) is 6.54 Å². The number of hydrogen-bond donors (Lipinski definition) is 1. The van der Waals surface area contributed by atoms with E-state index in [-0.39, 0.29) is 0 Å². The summed E-state index contributed by atoms with van der Waals surface area (Å²) in [6.07, 6.45) is 1.23. The van der Waals surface area contributed by atoms with Gasteiger partial charge in [0.25, 0.3) is 0 Å². The van der Waals surface area contributed by atoms with Crippen LogP contribution in [0.15, 0.2) is 0 Å². The van der Waals surface area contributed by atoms with Gasteiger partial charge in [-0.25, -0.2) is 0 Å². The first-order valence-electron chi connectivity index (χ1n) is 5.31. The fraction of sp³-hybridized carbons (Fsp3) is 0.800. The molecule has 1 rings (SSSR count). The molecule has 0 fully saturated rings. The van der Waals surface area contributed by atoms with E-state index in [9.17, 15) is 0 Å². The van der Waals surface area contributed by atoms with Gasteiger partial charge in [-0.15, -0.1) is 5.10 Å². The van der Waals surface area contributed by atoms with Crippen molar-refractivity contribution in [3.63, 3.8) is 0 Å². The van der Waals surface area contributed by atoms with Gasteiger partial charge in [-0.2, -0.15) is 0 Å². The van der Waals surface area contributed by atoms with Crippen LogP contribution >= 0.6 is 11.5 Å². The Kier molecular flexibility index (Phi) is 4.98. The molecule has 0 unspecified atom stereocenters. The third-order valence-electron chi connectivity index (χ3n) is 2.29. The summed E-state index contributed by atoms with van der Waals surface area (Å²) >= 11 is 1.42. The van der Waals surface area contributed by atoms with E-state index < -0.39 is 0 Å². The van der Waals surface area contributed by atoms with Crippen LogP contribution in [0.3, 0.4) is 0 Å². The maximum Gasteiger partial charge on any atom is 0.134 e. The molecule has 0 saturated heterocycles. The molecule has 0 radical (unpaired) electrons. The predicted molar refractivity (Wildman–Crippen MR) is 65.2 cm³/mol. The largest absolute Gasteiger partial charge is 0.377 e. The van der Waals surface area contributed by atoms with E-state index in [0.717, 1.165) is 29.7 Å². The van der Waals surface area contributed by atoms with E-state index in [1.807, 2.05) is 7.05 Å². The van der Waals surface area contributed by atoms with Gasteiger partial charge in [0.05, 0.1) is 0 Å². The molecule has 0 spiro atoms. The van der Waals surface area contributed by atoms with E-state index in [1.54, 1.807) is 0 Å². The van der Waals surface area contributed by atoms with Gasteiger partial charge in [0.2, 0.25) is 0 Å². The number of hydrogen-bond acceptors (Lipinski definition) is 5. The van der Waals surface area contributed by atoms with Crippen LogP contribution in [0.2, 0.25) is 0 Å². The van der Waals surface area contributed by atoms with Gasteiger partial charge in [-0.05, 0) is 25.9 Å². The summed E-state index contributed by atoms with van der Waals surface area (Å²) in [5, 5.41) is 8.31. The Morgan fingerprint density at radius 3 is 2.80 bits per heavy atom. The molecule has 0 aliphatic rings. The Morgan fingerprint density at radius 2 is 2.20 bits per heavy atom. The Hall–Kier alpha value is -0.680. The van der Waals surface area contributed by atoms with E-state index in [2.05, 4.69) is 40.7 Å². The highest BCUT2D eigenvalue weighted by atomic mass is 32.1. The van der Waals surface area contributed by atoms with Crippen LogP contribution in [0.1, 0.15) is 26.0 Å². The van der Waals surface area contributed by atoms with Crippen molar-refractivity contribution in [3.8, 4) is 0 Å². The second-order valence-electron chi connectivity index (χ2n) is 4.22. The molecule has 1 aromatic heterocycles. The zero-order valence-electron chi connectivity index (χ0n) is 9.95. The minimum atomic E-state index is 0.754. The van der Waals surface area contributed by atoms with Gasteiger partial charge in [0.15, 0.2) is 0 Å². The van der Waals surface area contributed by atoms with Gasteiger partial charge in [0.1, 0.15) is 10.7 Å². The second kappa shape index (κ2) is 6.02. The lowest BCUT2D eigenvalue weighted by molar-refractivity contribution is 0.300. The average Bonchev–Trinajstić information content (AvgIpc) is 2.62. The molecule has 0 aliphatic heterocycles. The van der Waals surface area contributed by atoms with Gasteiger partial charge in [-0.1, -0.05) is 18.3 Å². The molecule has 1 heterocycles. The monoisotopic (exact) mass is 228 g/mol. The van der Waals surface area contributed by atoms with Gasteiger partial charge >= 0.3 is 0 Å². The molecule has 86 valence electrons. The van der Waals surface area contributed by atoms with Crippen molar-refractivity contribution in [2.24, 2.45) is 5.92 Å². The summed E-state index contributed by atoms with van der Waals surface area (Å²) in [4.78, 5) is 2.29. The lowest BCUT2D eigenvalue weighted by atomic mass is 10.1. The highest BCUT2D eigenvalue weighted by Gasteiger charge is 2.09. The van der Waals surface area contributed by atoms with Crippen LogP contribution in [-0.4, -0.2) is 35.1 Å². The summed E-state index contributed by atoms with van der Waals surface area (Å²) in [6, 6.07) is 0. The molecule has 5 heteroatoms. The lowest BCUT2D eigenvalue weighted by Gasteiger charge is -2.16. The van der Waals surface area contributed by atoms with Crippen molar-refractivity contribution < 1.29 is 0 Å². The molecule has 0 aliphatic carbocycles. The van der Waals surface area contributed by atoms with Gasteiger partial charge in [0, 0.05) is 25.1 Å². The minimum absolute atomic E-state index is 0.754. The molecule has 0 aromatic carbocycles. The van der Waals surface area contributed by atoms with Crippen LogP contribution in [0.5, 0.6) is 0 Å². The van der Waals surface area contributed by atoms with Crippen molar-refractivity contribution in [3.05, 3.63) is 5.69 Å². The van der Waals surface area contributed by atoms with Gasteiger partial charge < -0.3 is 10.2 Å². The van der Waals surface area contributed by atoms with Crippen molar-refractivity contribution in [1.29, 1.82) is 0 Å². The molecule has 0 amide bonds. The quantitative estimate of drug-likeness (QED) is 0.809. The van der Waals surface area contributed by atoms with Gasteiger partial charge in [-0.3, -0.25) is 0 Å². The molecule has 0 saturated carbocycles. The second-order valence-corrected chi connectivity index (χ2v) is 4.97. The fourth-order valence-corrected chi connectivity index (χ4v) is 1.84. The highest BCUT2D eigenvalue weighted by Crippen LogP contribution is 2.18. The van der Waals surface area contributed by atoms with E-state index >= 15 is 0 Å². The number of aromatic nitrogens is 2. The Labute approximate surface area is 95.8 Å². The van der Waals surface area contributed by atoms with E-state index in [1.165, 1.54) is 18.0 Å². The number of nitrogens with one attached hydrogen (secondary N) is 1. The van der Waals surface area contributed by atoms with Crippen LogP contribution in [0, 0.1) is 5.92 Å². The Balaban J connectivity index is 2.40. The number of anilines is 1. The molecule has 0 bridgehead atoms. The number of nitrogens with zero attached hydrogens (tertiary/aromatic N) is 3. The molecular weight excluding hydrogens is 208 g/mol. The summed E-state index contributed by atoms with van der Waals surface area (Å²) in [6.45, 7) is 6.48. The minimum Gasteiger partial charge on any atom is -0.377 e. The Morgan fingerprint density at radius 1 is 1.47 bits per heavy atom. The zero-order valence-corrected chi connectivity index (χ0v) is 10.8. The maximum atomic E-state index is 4.12. The zero-order chi connectivity index (χ0) is 11.3. The smallest absolute Gasteiger partial charge is 0.134 e. The fourth-order valence-electron chi connectivity index (χ4n) is 1.32. The Bertz CT molecular complexity index is 285. The molecular formula is C10H20N4S. The van der Waals surface area contributed by atoms with Crippen molar-refractivity contribution in [2.75, 3.05) is 26.0 Å². The highest BCUT2D eigenvalue weighted by molar-refractivity contribution is 7.10. The standard InChI is InChI=1S/C10H20N4S/c1-8(2)5-6-14(4)7-9-10(11-3)15-13-12-9/h8,11H,5-7H2,1-4H3. The van der Waals surface area contributed by atoms with Crippen LogP contribution < -0.4 is 5.32 Å². The maximum absolute atomic E-state index is 4.12. The SMILES string of the molecule is CNc1snnc1CN(C)CCC(C)C. The van der Waals surface area contributed by atoms with Crippen molar-refractivity contribution >= 4 is 16.5 Å². The lowest BCUT2D eigenvalue weighted by Crippen LogP contribution is -2.21. The normalized spacial score (nSPS) is 11.3. The van der Waals surface area contributed by atoms with Crippen LogP contribution in [0.4, 0.5) is 5.00 Å². The average molecular weight is 228 g/mol. The van der Waals surface area contributed by atoms with Crippen LogP contribution in [0.25, 0.3) is 0 Å². The predicted octanol–water partition coefficient (Wildman–Crippen LogP) is 2.06. The van der Waals surface area contributed by atoms with E-state index in [4.69, 9.17) is 0 Å². The van der Waals surface area contributed by atoms with Crippen molar-refractivity contribution in [1.82, 2.24) is 14.5 Å². The van der Waals surface area contributed by atoms with Crippen molar-refractivity contribution in [2.45, 2.75) is 26.8 Å². The molecule has 4 nitrogen and oxygen atoms in total. The number of rotatable bonds is 6. The first-order chi connectivity index (χ1) is 7.13. The third kappa shape index (κ3) is 4.13. The summed E-state index contributed by atoms with van der Waals surface area (Å²) in [5.74, 6) is 0.754. The topological polar surface area (TPSA) is 41.1 Å². The summed E-state index contributed by atoms with van der Waals surface area (Å²) < 4.78 is 3.94. The molecule has 0 atom stereocenters. The third-order valence-corrected chi connectivity index (χ3v) is 3.08. The molecule has 15 heavy (non-hydrogen) atoms. The first kappa shape index (κ1) is 12.4. The summed E-state index contributed by atoms with van der Waals surface area (Å²) in [7, 11) is 4.04. The first-order valence-corrected chi connectivity index (χ1v) is 6.08.